The van der Waals surface area contributed by atoms with E-state index in [-0.39, 0.29) is 5.91 Å². The van der Waals surface area contributed by atoms with Crippen LogP contribution in [-0.4, -0.2) is 38.7 Å². The van der Waals surface area contributed by atoms with Gasteiger partial charge in [-0.3, -0.25) is 4.79 Å². The molecule has 1 aliphatic carbocycles. The fraction of sp³-hybridized carbons (Fsp3) is 0.550. The fourth-order valence-corrected chi connectivity index (χ4v) is 4.26. The number of likely N-dealkylation sites (tertiary alicyclic amines) is 1. The number of aromatic nitrogens is 3. The Morgan fingerprint density at radius 3 is 2.84 bits per heavy atom. The number of fused-ring (bicyclic) bond motifs is 1. The minimum atomic E-state index is 0.239. The third kappa shape index (κ3) is 3.46. The molecule has 0 radical (unpaired) electrons. The molecule has 4 rings (SSSR count). The summed E-state index contributed by atoms with van der Waals surface area (Å²) in [4.78, 5) is 14.8. The highest BCUT2D eigenvalue weighted by atomic mass is 16.2. The van der Waals surface area contributed by atoms with Crippen molar-refractivity contribution >= 4 is 5.91 Å². The number of aryl methyl sites for hydroxylation is 3. The zero-order chi connectivity index (χ0) is 17.2. The molecule has 1 atom stereocenters. The molecule has 1 aromatic heterocycles. The van der Waals surface area contributed by atoms with Crippen molar-refractivity contribution in [1.29, 1.82) is 0 Å². The lowest BCUT2D eigenvalue weighted by atomic mass is 9.89. The third-order valence-corrected chi connectivity index (χ3v) is 5.65. The van der Waals surface area contributed by atoms with Gasteiger partial charge in [0.25, 0.3) is 0 Å². The van der Waals surface area contributed by atoms with E-state index in [2.05, 4.69) is 28.4 Å². The maximum absolute atomic E-state index is 12.8. The van der Waals surface area contributed by atoms with E-state index in [4.69, 9.17) is 0 Å². The molecule has 1 aliphatic heterocycles. The monoisotopic (exact) mass is 338 g/mol. The smallest absolute Gasteiger partial charge is 0.227 e. The van der Waals surface area contributed by atoms with Crippen LogP contribution >= 0.6 is 0 Å². The molecule has 5 heteroatoms. The van der Waals surface area contributed by atoms with Crippen LogP contribution in [-0.2, 0) is 31.1 Å². The van der Waals surface area contributed by atoms with Gasteiger partial charge in [-0.2, -0.15) is 0 Å². The number of hydrogen-bond donors (Lipinski definition) is 0. The summed E-state index contributed by atoms with van der Waals surface area (Å²) in [5, 5.41) is 8.23. The lowest BCUT2D eigenvalue weighted by molar-refractivity contribution is -0.131. The first-order valence-electron chi connectivity index (χ1n) is 9.43. The number of benzene rings is 1. The van der Waals surface area contributed by atoms with Crippen LogP contribution in [0.2, 0.25) is 0 Å². The standard InChI is InChI=1S/C20H26N4O/c1-23-14-21-22-20(23)18-7-4-10-24(13-18)19(25)12-15-8-9-16-5-2-3-6-17(16)11-15/h8-9,11,14,18H,2-7,10,12-13H2,1H3. The van der Waals surface area contributed by atoms with Crippen molar-refractivity contribution < 1.29 is 4.79 Å². The van der Waals surface area contributed by atoms with Crippen LogP contribution in [0, 0.1) is 0 Å². The Hall–Kier alpha value is -2.17. The highest BCUT2D eigenvalue weighted by Crippen LogP contribution is 2.26. The molecular weight excluding hydrogens is 312 g/mol. The maximum atomic E-state index is 12.8. The second-order valence-corrected chi connectivity index (χ2v) is 7.47. The number of amides is 1. The molecule has 1 saturated heterocycles. The summed E-state index contributed by atoms with van der Waals surface area (Å²) in [6.07, 6.45) is 9.29. The summed E-state index contributed by atoms with van der Waals surface area (Å²) in [6.45, 7) is 1.62. The second kappa shape index (κ2) is 6.98. The summed E-state index contributed by atoms with van der Waals surface area (Å²) >= 11 is 0. The number of rotatable bonds is 3. The molecule has 25 heavy (non-hydrogen) atoms. The number of piperidine rings is 1. The topological polar surface area (TPSA) is 51.0 Å². The van der Waals surface area contributed by atoms with Crippen LogP contribution in [0.4, 0.5) is 0 Å². The zero-order valence-corrected chi connectivity index (χ0v) is 14.9. The number of carbonyl (C=O) groups is 1. The highest BCUT2D eigenvalue weighted by Gasteiger charge is 2.27. The molecule has 132 valence electrons. The summed E-state index contributed by atoms with van der Waals surface area (Å²) in [6, 6.07) is 6.64. The van der Waals surface area contributed by atoms with E-state index < -0.39 is 0 Å². The quantitative estimate of drug-likeness (QED) is 0.864. The van der Waals surface area contributed by atoms with Crippen LogP contribution in [0.25, 0.3) is 0 Å². The largest absolute Gasteiger partial charge is 0.342 e. The Morgan fingerprint density at radius 1 is 1.20 bits per heavy atom. The van der Waals surface area contributed by atoms with Gasteiger partial charge in [0, 0.05) is 26.1 Å². The van der Waals surface area contributed by atoms with Gasteiger partial charge in [0.2, 0.25) is 5.91 Å². The van der Waals surface area contributed by atoms with Crippen LogP contribution in [0.5, 0.6) is 0 Å². The van der Waals surface area contributed by atoms with Gasteiger partial charge in [-0.1, -0.05) is 18.2 Å². The number of nitrogens with zero attached hydrogens (tertiary/aromatic N) is 4. The van der Waals surface area contributed by atoms with Crippen LogP contribution in [0.15, 0.2) is 24.5 Å². The van der Waals surface area contributed by atoms with Gasteiger partial charge >= 0.3 is 0 Å². The Balaban J connectivity index is 1.43. The predicted molar refractivity (Wildman–Crippen MR) is 96.3 cm³/mol. The van der Waals surface area contributed by atoms with Gasteiger partial charge in [0.15, 0.2) is 0 Å². The Kier molecular flexibility index (Phi) is 4.55. The van der Waals surface area contributed by atoms with Gasteiger partial charge in [0.05, 0.1) is 6.42 Å². The van der Waals surface area contributed by atoms with E-state index in [1.165, 1.54) is 30.4 Å². The Bertz CT molecular complexity index is 767. The normalized spacial score (nSPS) is 20.4. The van der Waals surface area contributed by atoms with Crippen molar-refractivity contribution in [3.63, 3.8) is 0 Å². The first-order chi connectivity index (χ1) is 12.2. The van der Waals surface area contributed by atoms with E-state index in [9.17, 15) is 4.79 Å². The van der Waals surface area contributed by atoms with E-state index in [1.54, 1.807) is 6.33 Å². The number of carbonyl (C=O) groups excluding carboxylic acids is 1. The minimum Gasteiger partial charge on any atom is -0.342 e. The molecule has 1 fully saturated rings. The van der Waals surface area contributed by atoms with Crippen molar-refractivity contribution in [2.75, 3.05) is 13.1 Å². The van der Waals surface area contributed by atoms with Crippen molar-refractivity contribution in [1.82, 2.24) is 19.7 Å². The maximum Gasteiger partial charge on any atom is 0.227 e. The molecule has 1 unspecified atom stereocenters. The molecule has 0 N–H and O–H groups in total. The average Bonchev–Trinajstić information content (AvgIpc) is 3.08. The van der Waals surface area contributed by atoms with Gasteiger partial charge in [-0.15, -0.1) is 10.2 Å². The SMILES string of the molecule is Cn1cnnc1C1CCCN(C(=O)Cc2ccc3c(c2)CCCC3)C1. The summed E-state index contributed by atoms with van der Waals surface area (Å²) < 4.78 is 1.97. The Labute approximate surface area is 149 Å². The highest BCUT2D eigenvalue weighted by molar-refractivity contribution is 5.79. The lowest BCUT2D eigenvalue weighted by Gasteiger charge is -2.32. The summed E-state index contributed by atoms with van der Waals surface area (Å²) in [7, 11) is 1.98. The van der Waals surface area contributed by atoms with Gasteiger partial charge in [-0.05, 0) is 55.2 Å². The lowest BCUT2D eigenvalue weighted by Crippen LogP contribution is -2.40. The molecule has 2 aromatic rings. The van der Waals surface area contributed by atoms with Gasteiger partial charge < -0.3 is 9.47 Å². The predicted octanol–water partition coefficient (Wildman–Crippen LogP) is 2.64. The summed E-state index contributed by atoms with van der Waals surface area (Å²) in [5.74, 6) is 1.53. The minimum absolute atomic E-state index is 0.239. The third-order valence-electron chi connectivity index (χ3n) is 5.65. The van der Waals surface area contributed by atoms with Gasteiger partial charge in [-0.25, -0.2) is 0 Å². The first kappa shape index (κ1) is 16.3. The molecule has 0 spiro atoms. The molecule has 2 heterocycles. The molecule has 5 nitrogen and oxygen atoms in total. The average molecular weight is 338 g/mol. The van der Waals surface area contributed by atoms with Gasteiger partial charge in [0.1, 0.15) is 12.2 Å². The molecule has 1 aromatic carbocycles. The molecule has 0 saturated carbocycles. The van der Waals surface area contributed by atoms with Crippen molar-refractivity contribution in [3.8, 4) is 0 Å². The van der Waals surface area contributed by atoms with E-state index in [1.807, 2.05) is 16.5 Å². The van der Waals surface area contributed by atoms with Crippen LogP contribution in [0.1, 0.15) is 54.1 Å². The Morgan fingerprint density at radius 2 is 2.04 bits per heavy atom. The van der Waals surface area contributed by atoms with Crippen molar-refractivity contribution in [2.45, 2.75) is 50.9 Å². The summed E-state index contributed by atoms with van der Waals surface area (Å²) in [5.41, 5.74) is 4.08. The fourth-order valence-electron chi connectivity index (χ4n) is 4.26. The first-order valence-corrected chi connectivity index (χ1v) is 9.43. The van der Waals surface area contributed by atoms with E-state index in [0.29, 0.717) is 12.3 Å². The molecule has 0 bridgehead atoms. The zero-order valence-electron chi connectivity index (χ0n) is 14.9. The molecule has 1 amide bonds. The molecular formula is C20H26N4O. The second-order valence-electron chi connectivity index (χ2n) is 7.47. The van der Waals surface area contributed by atoms with Crippen molar-refractivity contribution in [3.05, 3.63) is 47.0 Å². The van der Waals surface area contributed by atoms with Crippen LogP contribution < -0.4 is 0 Å². The van der Waals surface area contributed by atoms with E-state index in [0.717, 1.165) is 43.7 Å². The van der Waals surface area contributed by atoms with Crippen LogP contribution in [0.3, 0.4) is 0 Å². The number of hydrogen-bond acceptors (Lipinski definition) is 3. The van der Waals surface area contributed by atoms with Crippen molar-refractivity contribution in [2.24, 2.45) is 7.05 Å². The van der Waals surface area contributed by atoms with E-state index >= 15 is 0 Å². The molecule has 2 aliphatic rings.